The molecule has 0 spiro atoms. The average Bonchev–Trinajstić information content (AvgIpc) is 2.83. The third-order valence-electron chi connectivity index (χ3n) is 2.66. The van der Waals surface area contributed by atoms with Gasteiger partial charge >= 0.3 is 0 Å². The van der Waals surface area contributed by atoms with Gasteiger partial charge in [0.25, 0.3) is 0 Å². The van der Waals surface area contributed by atoms with E-state index in [0.29, 0.717) is 0 Å². The van der Waals surface area contributed by atoms with Crippen molar-refractivity contribution in [3.8, 4) is 0 Å². The number of rotatable bonds is 3. The van der Waals surface area contributed by atoms with Gasteiger partial charge in [-0.15, -0.1) is 5.53 Å². The topological polar surface area (TPSA) is 64.1 Å². The van der Waals surface area contributed by atoms with Gasteiger partial charge in [-0.05, 0) is 18.2 Å². The molecule has 0 fully saturated rings. The molecule has 0 aromatic heterocycles. The molecule has 0 amide bonds. The molecule has 2 aromatic carbocycles. The number of fused-ring (bicyclic) bond motifs is 1. The molecule has 2 aromatic rings. The number of hydrogen-bond acceptors (Lipinski definition) is 5. The van der Waals surface area contributed by atoms with E-state index in [-0.39, 0.29) is 0 Å². The van der Waals surface area contributed by atoms with E-state index in [1.807, 2.05) is 52.9 Å². The number of nitrogens with two attached hydrogens (primary N) is 1. The summed E-state index contributed by atoms with van der Waals surface area (Å²) in [7, 11) is 0. The first kappa shape index (κ1) is 11.4. The van der Waals surface area contributed by atoms with Crippen LogP contribution in [0.4, 0.5) is 17.1 Å². The van der Waals surface area contributed by atoms with Gasteiger partial charge in [-0.25, -0.2) is 9.62 Å². The number of benzene rings is 2. The van der Waals surface area contributed by atoms with Crippen LogP contribution < -0.4 is 20.9 Å². The summed E-state index contributed by atoms with van der Waals surface area (Å²) in [5.74, 6) is 0. The molecule has 1 aliphatic rings. The van der Waals surface area contributed by atoms with Crippen LogP contribution in [0.2, 0.25) is 0 Å². The Bertz CT molecular complexity index is 563. The number of anilines is 2. The first-order valence-corrected chi connectivity index (χ1v) is 6.31. The second kappa shape index (κ2) is 4.87. The molecular formula is C12H13N4OS+. The van der Waals surface area contributed by atoms with Gasteiger partial charge in [0.1, 0.15) is 0 Å². The lowest BCUT2D eigenvalue weighted by Crippen LogP contribution is -2.74. The summed E-state index contributed by atoms with van der Waals surface area (Å²) in [5, 5.41) is 9.19. The van der Waals surface area contributed by atoms with Crippen LogP contribution in [0.1, 0.15) is 0 Å². The smallest absolute Gasteiger partial charge is 0.177 e. The zero-order valence-electron chi connectivity index (χ0n) is 9.50. The van der Waals surface area contributed by atoms with Crippen LogP contribution in [-0.2, 0) is 0 Å². The van der Waals surface area contributed by atoms with Gasteiger partial charge in [0.2, 0.25) is 0 Å². The molecule has 0 saturated heterocycles. The third-order valence-corrected chi connectivity index (χ3v) is 3.70. The van der Waals surface area contributed by atoms with Crippen molar-refractivity contribution in [3.05, 3.63) is 48.5 Å². The maximum atomic E-state index is 9.19. The summed E-state index contributed by atoms with van der Waals surface area (Å²) in [6, 6.07) is 15.7. The second-order valence-corrected chi connectivity index (χ2v) is 4.79. The predicted molar refractivity (Wildman–Crippen MR) is 71.4 cm³/mol. The molecule has 92 valence electrons. The van der Waals surface area contributed by atoms with Crippen molar-refractivity contribution < 1.29 is 10.7 Å². The Balaban J connectivity index is 1.86. The van der Waals surface area contributed by atoms with Gasteiger partial charge in [0, 0.05) is 18.0 Å². The van der Waals surface area contributed by atoms with E-state index < -0.39 is 0 Å². The molecule has 0 radical (unpaired) electrons. The third kappa shape index (κ3) is 2.02. The van der Waals surface area contributed by atoms with Crippen molar-refractivity contribution in [1.29, 1.82) is 0 Å². The highest BCUT2D eigenvalue weighted by molar-refractivity contribution is 8.00. The van der Waals surface area contributed by atoms with Crippen molar-refractivity contribution in [3.63, 3.8) is 0 Å². The van der Waals surface area contributed by atoms with E-state index in [1.54, 1.807) is 0 Å². The van der Waals surface area contributed by atoms with Crippen molar-refractivity contribution >= 4 is 29.0 Å². The van der Waals surface area contributed by atoms with Gasteiger partial charge in [-0.1, -0.05) is 24.3 Å². The zero-order chi connectivity index (χ0) is 12.4. The van der Waals surface area contributed by atoms with Crippen LogP contribution in [0, 0.1) is 0 Å². The Hall–Kier alpha value is -1.73. The molecule has 0 unspecified atom stereocenters. The predicted octanol–water partition coefficient (Wildman–Crippen LogP) is 1.63. The highest BCUT2D eigenvalue weighted by atomic mass is 32.2. The summed E-state index contributed by atoms with van der Waals surface area (Å²) < 4.78 is 1.93. The molecule has 0 atom stereocenters. The fourth-order valence-corrected chi connectivity index (χ4v) is 2.68. The van der Waals surface area contributed by atoms with Gasteiger partial charge in [0.15, 0.2) is 5.69 Å². The summed E-state index contributed by atoms with van der Waals surface area (Å²) in [5.41, 5.74) is 10.2. The van der Waals surface area contributed by atoms with Crippen LogP contribution >= 0.6 is 11.9 Å². The summed E-state index contributed by atoms with van der Waals surface area (Å²) in [4.78, 5) is 0.978. The number of quaternary nitrogens is 1. The first-order chi connectivity index (χ1) is 8.88. The largest absolute Gasteiger partial charge is 0.301 e. The normalized spacial score (nSPS) is 13.3. The van der Waals surface area contributed by atoms with Crippen molar-refractivity contribution in [1.82, 2.24) is 5.53 Å². The Kier molecular flexibility index (Phi) is 3.07. The van der Waals surface area contributed by atoms with E-state index >= 15 is 0 Å². The Morgan fingerprint density at radius 1 is 1.06 bits per heavy atom. The van der Waals surface area contributed by atoms with Crippen molar-refractivity contribution in [2.45, 2.75) is 4.90 Å². The molecule has 0 bridgehead atoms. The number of nitrogens with zero attached hydrogens (tertiary/aromatic N) is 1. The molecule has 5 nitrogen and oxygen atoms in total. The molecule has 6 heteroatoms. The lowest BCUT2D eigenvalue weighted by Gasteiger charge is -2.16. The molecule has 1 aliphatic heterocycles. The van der Waals surface area contributed by atoms with E-state index in [4.69, 9.17) is 0 Å². The fraction of sp³-hybridized carbons (Fsp3) is 0. The highest BCUT2D eigenvalue weighted by Crippen LogP contribution is 2.37. The van der Waals surface area contributed by atoms with Crippen molar-refractivity contribution in [2.24, 2.45) is 0 Å². The minimum Gasteiger partial charge on any atom is -0.301 e. The summed E-state index contributed by atoms with van der Waals surface area (Å²) in [6.07, 6.45) is 0. The SMILES string of the molecule is O[NH2+]c1ccccc1SN1NNc2ccccc21. The summed E-state index contributed by atoms with van der Waals surface area (Å²) in [6.45, 7) is 0. The molecule has 0 aliphatic carbocycles. The number of hydrogen-bond donors (Lipinski definition) is 4. The van der Waals surface area contributed by atoms with E-state index in [2.05, 4.69) is 11.0 Å². The van der Waals surface area contributed by atoms with Crippen LogP contribution in [0.15, 0.2) is 53.4 Å². The second-order valence-electron chi connectivity index (χ2n) is 3.81. The maximum Gasteiger partial charge on any atom is 0.177 e. The fourth-order valence-electron chi connectivity index (χ4n) is 1.77. The molecule has 0 saturated carbocycles. The standard InChI is InChI=1S/C12H12N4OS/c17-14-10-6-2-4-8-12(10)18-16-11-7-3-1-5-9(11)13-15-16/h1-8,13-15,17H/p+1. The van der Waals surface area contributed by atoms with Crippen LogP contribution in [-0.4, -0.2) is 5.21 Å². The Morgan fingerprint density at radius 3 is 2.72 bits per heavy atom. The van der Waals surface area contributed by atoms with Gasteiger partial charge in [-0.2, -0.15) is 5.48 Å². The maximum absolute atomic E-state index is 9.19. The van der Waals surface area contributed by atoms with Gasteiger partial charge in [-0.3, -0.25) is 0 Å². The molecule has 5 N–H and O–H groups in total. The number of nitrogens with one attached hydrogen (secondary N) is 2. The van der Waals surface area contributed by atoms with Gasteiger partial charge < -0.3 is 5.43 Å². The highest BCUT2D eigenvalue weighted by Gasteiger charge is 2.20. The minimum atomic E-state index is 0.800. The lowest BCUT2D eigenvalue weighted by molar-refractivity contribution is -0.827. The van der Waals surface area contributed by atoms with Crippen molar-refractivity contribution in [2.75, 3.05) is 9.84 Å². The monoisotopic (exact) mass is 261 g/mol. The minimum absolute atomic E-state index is 0.800. The van der Waals surface area contributed by atoms with E-state index in [9.17, 15) is 5.21 Å². The quantitative estimate of drug-likeness (QED) is 0.384. The van der Waals surface area contributed by atoms with Crippen LogP contribution in [0.25, 0.3) is 0 Å². The van der Waals surface area contributed by atoms with E-state index in [0.717, 1.165) is 27.4 Å². The van der Waals surface area contributed by atoms with Gasteiger partial charge in [0.05, 0.1) is 16.3 Å². The molecule has 3 rings (SSSR count). The first-order valence-electron chi connectivity index (χ1n) is 5.54. The molecule has 18 heavy (non-hydrogen) atoms. The summed E-state index contributed by atoms with van der Waals surface area (Å²) >= 11 is 1.51. The lowest BCUT2D eigenvalue weighted by atomic mass is 10.3. The van der Waals surface area contributed by atoms with Crippen LogP contribution in [0.5, 0.6) is 0 Å². The molecule has 1 heterocycles. The van der Waals surface area contributed by atoms with E-state index in [1.165, 1.54) is 11.9 Å². The number of hydrazine groups is 2. The van der Waals surface area contributed by atoms with Crippen LogP contribution in [0.3, 0.4) is 0 Å². The Labute approximate surface area is 109 Å². The zero-order valence-corrected chi connectivity index (χ0v) is 10.3. The molecular weight excluding hydrogens is 248 g/mol. The number of para-hydroxylation sites is 3. The average molecular weight is 261 g/mol. The Morgan fingerprint density at radius 2 is 1.83 bits per heavy atom.